The molecule has 0 atom stereocenters. The van der Waals surface area contributed by atoms with Crippen molar-refractivity contribution in [2.24, 2.45) is 0 Å². The minimum atomic E-state index is -0.126. The van der Waals surface area contributed by atoms with Gasteiger partial charge >= 0.3 is 0 Å². The number of carbonyl (C=O) groups is 1. The van der Waals surface area contributed by atoms with E-state index in [-0.39, 0.29) is 11.7 Å². The van der Waals surface area contributed by atoms with Gasteiger partial charge < -0.3 is 5.32 Å². The number of fused-ring (bicyclic) bond motifs is 1. The van der Waals surface area contributed by atoms with Gasteiger partial charge in [-0.3, -0.25) is 4.79 Å². The first kappa shape index (κ1) is 20.6. The summed E-state index contributed by atoms with van der Waals surface area (Å²) >= 11 is 7.39. The molecule has 3 rings (SSSR count). The predicted molar refractivity (Wildman–Crippen MR) is 114 cm³/mol. The Balaban J connectivity index is 1.71. The van der Waals surface area contributed by atoms with Crippen LogP contribution >= 0.6 is 23.4 Å². The molecule has 8 heteroatoms. The highest BCUT2D eigenvalue weighted by Crippen LogP contribution is 2.24. The van der Waals surface area contributed by atoms with Crippen molar-refractivity contribution in [2.75, 3.05) is 11.1 Å². The summed E-state index contributed by atoms with van der Waals surface area (Å²) in [5.41, 5.74) is 4.86. The van der Waals surface area contributed by atoms with E-state index in [4.69, 9.17) is 11.6 Å². The number of rotatable bonds is 7. The molecule has 0 fully saturated rings. The molecule has 1 N–H and O–H groups in total. The van der Waals surface area contributed by atoms with E-state index in [2.05, 4.69) is 27.3 Å². The number of aromatic nitrogens is 4. The van der Waals surface area contributed by atoms with E-state index >= 15 is 0 Å². The largest absolute Gasteiger partial charge is 0.325 e. The Hall–Kier alpha value is -2.12. The van der Waals surface area contributed by atoms with Crippen LogP contribution in [0.2, 0.25) is 5.02 Å². The zero-order valence-electron chi connectivity index (χ0n) is 16.5. The van der Waals surface area contributed by atoms with Crippen LogP contribution < -0.4 is 5.32 Å². The molecule has 0 aliphatic heterocycles. The highest BCUT2D eigenvalue weighted by Gasteiger charge is 2.15. The first-order valence-corrected chi connectivity index (χ1v) is 10.7. The van der Waals surface area contributed by atoms with Crippen LogP contribution in [0, 0.1) is 20.8 Å². The number of thioether (sulfide) groups is 1. The van der Waals surface area contributed by atoms with Gasteiger partial charge in [0, 0.05) is 22.1 Å². The smallest absolute Gasteiger partial charge is 0.253 e. The standard InChI is InChI=1S/C20H24ClN5OS/c1-5-6-8-15-13(3)22-19-24-20(25-26(19)14(15)4)28-11-18(27)23-17-10-7-9-16(21)12(17)2/h7,9-10H,5-6,8,11H2,1-4H3,(H,23,27). The number of amides is 1. The number of hydrogen-bond acceptors (Lipinski definition) is 5. The number of hydrogen-bond donors (Lipinski definition) is 1. The molecular weight excluding hydrogens is 394 g/mol. The molecule has 0 saturated carbocycles. The Morgan fingerprint density at radius 2 is 2.04 bits per heavy atom. The van der Waals surface area contributed by atoms with Crippen molar-refractivity contribution in [3.05, 3.63) is 45.7 Å². The van der Waals surface area contributed by atoms with E-state index in [0.29, 0.717) is 16.0 Å². The summed E-state index contributed by atoms with van der Waals surface area (Å²) in [5.74, 6) is 0.659. The number of aryl methyl sites for hydroxylation is 2. The SMILES string of the molecule is CCCCc1c(C)nc2nc(SCC(=O)Nc3cccc(Cl)c3C)nn2c1C. The lowest BCUT2D eigenvalue weighted by Crippen LogP contribution is -2.15. The molecule has 0 radical (unpaired) electrons. The fourth-order valence-electron chi connectivity index (χ4n) is 3.03. The van der Waals surface area contributed by atoms with Crippen LogP contribution in [-0.4, -0.2) is 31.2 Å². The molecule has 28 heavy (non-hydrogen) atoms. The van der Waals surface area contributed by atoms with E-state index in [0.717, 1.165) is 41.9 Å². The average molecular weight is 418 g/mol. The molecule has 0 spiro atoms. The van der Waals surface area contributed by atoms with Crippen molar-refractivity contribution < 1.29 is 4.79 Å². The fraction of sp³-hybridized carbons (Fsp3) is 0.400. The number of nitrogens with one attached hydrogen (secondary N) is 1. The Kier molecular flexibility index (Phi) is 6.57. The van der Waals surface area contributed by atoms with Gasteiger partial charge in [-0.15, -0.1) is 5.10 Å². The van der Waals surface area contributed by atoms with E-state index in [1.54, 1.807) is 10.6 Å². The third-order valence-electron chi connectivity index (χ3n) is 4.68. The lowest BCUT2D eigenvalue weighted by atomic mass is 10.1. The second-order valence-electron chi connectivity index (χ2n) is 6.72. The van der Waals surface area contributed by atoms with Crippen molar-refractivity contribution in [3.8, 4) is 0 Å². The van der Waals surface area contributed by atoms with Gasteiger partial charge in [-0.05, 0) is 56.9 Å². The van der Waals surface area contributed by atoms with Crippen LogP contribution in [0.5, 0.6) is 0 Å². The maximum atomic E-state index is 12.3. The first-order valence-electron chi connectivity index (χ1n) is 9.31. The summed E-state index contributed by atoms with van der Waals surface area (Å²) in [6.07, 6.45) is 3.24. The second kappa shape index (κ2) is 8.92. The zero-order chi connectivity index (χ0) is 20.3. The summed E-state index contributed by atoms with van der Waals surface area (Å²) in [6, 6.07) is 5.45. The molecule has 2 aromatic heterocycles. The molecule has 148 valence electrons. The number of halogens is 1. The predicted octanol–water partition coefficient (Wildman–Crippen LogP) is 4.78. The third kappa shape index (κ3) is 4.47. The topological polar surface area (TPSA) is 72.2 Å². The van der Waals surface area contributed by atoms with Gasteiger partial charge in [0.1, 0.15) is 0 Å². The molecule has 0 bridgehead atoms. The molecule has 2 heterocycles. The Morgan fingerprint density at radius 3 is 2.79 bits per heavy atom. The van der Waals surface area contributed by atoms with Gasteiger partial charge in [0.15, 0.2) is 0 Å². The number of unbranched alkanes of at least 4 members (excludes halogenated alkanes) is 1. The van der Waals surface area contributed by atoms with Gasteiger partial charge in [-0.25, -0.2) is 9.50 Å². The molecule has 1 amide bonds. The van der Waals surface area contributed by atoms with Crippen LogP contribution in [0.1, 0.15) is 42.3 Å². The number of benzene rings is 1. The zero-order valence-corrected chi connectivity index (χ0v) is 18.1. The molecule has 1 aromatic carbocycles. The van der Waals surface area contributed by atoms with Crippen molar-refractivity contribution in [1.29, 1.82) is 0 Å². The highest BCUT2D eigenvalue weighted by molar-refractivity contribution is 7.99. The fourth-order valence-corrected chi connectivity index (χ4v) is 3.82. The van der Waals surface area contributed by atoms with E-state index in [9.17, 15) is 4.79 Å². The Labute approximate surface area is 174 Å². The van der Waals surface area contributed by atoms with Crippen LogP contribution in [0.15, 0.2) is 23.4 Å². The first-order chi connectivity index (χ1) is 13.4. The third-order valence-corrected chi connectivity index (χ3v) is 5.93. The maximum Gasteiger partial charge on any atom is 0.253 e. The molecule has 0 aliphatic carbocycles. The quantitative estimate of drug-likeness (QED) is 0.560. The van der Waals surface area contributed by atoms with Crippen molar-refractivity contribution in [2.45, 2.75) is 52.1 Å². The van der Waals surface area contributed by atoms with Gasteiger partial charge in [0.05, 0.1) is 5.75 Å². The Morgan fingerprint density at radius 1 is 1.25 bits per heavy atom. The molecule has 0 saturated heterocycles. The minimum Gasteiger partial charge on any atom is -0.325 e. The summed E-state index contributed by atoms with van der Waals surface area (Å²) in [7, 11) is 0. The molecule has 0 aliphatic rings. The maximum absolute atomic E-state index is 12.3. The minimum absolute atomic E-state index is 0.126. The van der Waals surface area contributed by atoms with Crippen LogP contribution in [-0.2, 0) is 11.2 Å². The highest BCUT2D eigenvalue weighted by atomic mass is 35.5. The summed E-state index contributed by atoms with van der Waals surface area (Å²) < 4.78 is 1.78. The van der Waals surface area contributed by atoms with Crippen LogP contribution in [0.3, 0.4) is 0 Å². The van der Waals surface area contributed by atoms with E-state index < -0.39 is 0 Å². The monoisotopic (exact) mass is 417 g/mol. The van der Waals surface area contributed by atoms with Crippen molar-refractivity contribution in [1.82, 2.24) is 19.6 Å². The Bertz CT molecular complexity index is 1020. The van der Waals surface area contributed by atoms with Crippen LogP contribution in [0.4, 0.5) is 5.69 Å². The van der Waals surface area contributed by atoms with Gasteiger partial charge in [0.2, 0.25) is 11.1 Å². The summed E-state index contributed by atoms with van der Waals surface area (Å²) in [4.78, 5) is 21.4. The number of carbonyl (C=O) groups excluding carboxylic acids is 1. The van der Waals surface area contributed by atoms with Gasteiger partial charge in [-0.1, -0.05) is 42.8 Å². The van der Waals surface area contributed by atoms with Crippen molar-refractivity contribution in [3.63, 3.8) is 0 Å². The number of nitrogens with zero attached hydrogens (tertiary/aromatic N) is 4. The summed E-state index contributed by atoms with van der Waals surface area (Å²) in [5, 5.41) is 8.59. The lowest BCUT2D eigenvalue weighted by molar-refractivity contribution is -0.113. The lowest BCUT2D eigenvalue weighted by Gasteiger charge is -2.09. The molecule has 3 aromatic rings. The molecular formula is C20H24ClN5OS. The van der Waals surface area contributed by atoms with Crippen LogP contribution in [0.25, 0.3) is 5.78 Å². The number of anilines is 1. The normalized spacial score (nSPS) is 11.2. The van der Waals surface area contributed by atoms with Gasteiger partial charge in [0.25, 0.3) is 5.78 Å². The van der Waals surface area contributed by atoms with E-state index in [1.807, 2.05) is 32.9 Å². The van der Waals surface area contributed by atoms with Gasteiger partial charge in [-0.2, -0.15) is 4.98 Å². The second-order valence-corrected chi connectivity index (χ2v) is 8.07. The van der Waals surface area contributed by atoms with Crippen molar-refractivity contribution >= 4 is 40.7 Å². The average Bonchev–Trinajstić information content (AvgIpc) is 3.07. The molecule has 6 nitrogen and oxygen atoms in total. The van der Waals surface area contributed by atoms with E-state index in [1.165, 1.54) is 17.3 Å². The summed E-state index contributed by atoms with van der Waals surface area (Å²) in [6.45, 7) is 8.11. The molecule has 0 unspecified atom stereocenters.